The second-order valence-electron chi connectivity index (χ2n) is 4.68. The molecule has 1 heterocycles. The summed E-state index contributed by atoms with van der Waals surface area (Å²) in [5, 5.41) is 16.8. The number of aromatic nitrogens is 2. The highest BCUT2D eigenvalue weighted by molar-refractivity contribution is 5.02. The lowest BCUT2D eigenvalue weighted by molar-refractivity contribution is 0.187. The molecule has 0 unspecified atom stereocenters. The predicted octanol–water partition coefficient (Wildman–Crippen LogP) is 0.533. The zero-order valence-electron chi connectivity index (χ0n) is 9.03. The SMILES string of the molecule is CC(C)(N)c1nnc(C(C)(C)CO)o1. The summed E-state index contributed by atoms with van der Waals surface area (Å²) >= 11 is 0. The quantitative estimate of drug-likeness (QED) is 0.741. The normalized spacial score (nSPS) is 13.3. The molecular weight excluding hydrogens is 182 g/mol. The predicted molar refractivity (Wildman–Crippen MR) is 51.6 cm³/mol. The molecule has 0 aromatic carbocycles. The van der Waals surface area contributed by atoms with E-state index in [1.54, 1.807) is 13.8 Å². The first-order chi connectivity index (χ1) is 6.27. The largest absolute Gasteiger partial charge is 0.423 e. The number of aliphatic hydroxyl groups is 1. The molecule has 0 aliphatic heterocycles. The molecular formula is C9H17N3O2. The minimum Gasteiger partial charge on any atom is -0.423 e. The Balaban J connectivity index is 3.00. The highest BCUT2D eigenvalue weighted by Crippen LogP contribution is 2.23. The average molecular weight is 199 g/mol. The van der Waals surface area contributed by atoms with E-state index in [0.29, 0.717) is 11.8 Å². The molecule has 1 aromatic rings. The van der Waals surface area contributed by atoms with Gasteiger partial charge in [-0.05, 0) is 27.7 Å². The minimum atomic E-state index is -0.642. The Bertz CT molecular complexity index is 312. The van der Waals surface area contributed by atoms with Crippen molar-refractivity contribution < 1.29 is 9.52 Å². The van der Waals surface area contributed by atoms with Gasteiger partial charge in [0.1, 0.15) is 0 Å². The van der Waals surface area contributed by atoms with Crippen LogP contribution >= 0.6 is 0 Å². The van der Waals surface area contributed by atoms with Crippen molar-refractivity contribution in [2.45, 2.75) is 38.6 Å². The van der Waals surface area contributed by atoms with Crippen molar-refractivity contribution in [2.24, 2.45) is 5.73 Å². The zero-order valence-corrected chi connectivity index (χ0v) is 9.03. The number of nitrogens with two attached hydrogens (primary N) is 1. The summed E-state index contributed by atoms with van der Waals surface area (Å²) in [5.41, 5.74) is 4.64. The Morgan fingerprint density at radius 1 is 1.21 bits per heavy atom. The van der Waals surface area contributed by atoms with E-state index in [4.69, 9.17) is 15.3 Å². The third kappa shape index (κ3) is 2.10. The lowest BCUT2D eigenvalue weighted by Crippen LogP contribution is -2.29. The summed E-state index contributed by atoms with van der Waals surface area (Å²) in [7, 11) is 0. The lowest BCUT2D eigenvalue weighted by atomic mass is 9.95. The van der Waals surface area contributed by atoms with Crippen LogP contribution in [0.1, 0.15) is 39.5 Å². The number of rotatable bonds is 3. The maximum absolute atomic E-state index is 9.10. The molecule has 3 N–H and O–H groups in total. The van der Waals surface area contributed by atoms with Gasteiger partial charge >= 0.3 is 0 Å². The average Bonchev–Trinajstić information content (AvgIpc) is 2.51. The highest BCUT2D eigenvalue weighted by atomic mass is 16.4. The Morgan fingerprint density at radius 2 is 1.71 bits per heavy atom. The van der Waals surface area contributed by atoms with Gasteiger partial charge in [0, 0.05) is 0 Å². The molecule has 0 bridgehead atoms. The van der Waals surface area contributed by atoms with Crippen molar-refractivity contribution in [3.63, 3.8) is 0 Å². The van der Waals surface area contributed by atoms with E-state index in [9.17, 15) is 0 Å². The molecule has 14 heavy (non-hydrogen) atoms. The second-order valence-corrected chi connectivity index (χ2v) is 4.68. The summed E-state index contributed by atoms with van der Waals surface area (Å²) in [6, 6.07) is 0. The number of hydrogen-bond donors (Lipinski definition) is 2. The van der Waals surface area contributed by atoms with Gasteiger partial charge in [-0.3, -0.25) is 0 Å². The first-order valence-electron chi connectivity index (χ1n) is 4.51. The minimum absolute atomic E-state index is 0.0420. The van der Waals surface area contributed by atoms with Crippen LogP contribution < -0.4 is 5.73 Å². The van der Waals surface area contributed by atoms with E-state index in [-0.39, 0.29) is 6.61 Å². The maximum Gasteiger partial charge on any atom is 0.235 e. The van der Waals surface area contributed by atoms with Gasteiger partial charge in [-0.15, -0.1) is 10.2 Å². The summed E-state index contributed by atoms with van der Waals surface area (Å²) in [4.78, 5) is 0. The Morgan fingerprint density at radius 3 is 2.07 bits per heavy atom. The molecule has 0 spiro atoms. The van der Waals surface area contributed by atoms with E-state index in [2.05, 4.69) is 10.2 Å². The van der Waals surface area contributed by atoms with Gasteiger partial charge in [-0.1, -0.05) is 0 Å². The van der Waals surface area contributed by atoms with E-state index in [1.807, 2.05) is 13.8 Å². The number of nitrogens with zero attached hydrogens (tertiary/aromatic N) is 2. The van der Waals surface area contributed by atoms with Crippen molar-refractivity contribution in [3.05, 3.63) is 11.8 Å². The van der Waals surface area contributed by atoms with Crippen LogP contribution in [0.25, 0.3) is 0 Å². The van der Waals surface area contributed by atoms with Crippen LogP contribution in [0, 0.1) is 0 Å². The molecule has 0 saturated heterocycles. The maximum atomic E-state index is 9.10. The third-order valence-electron chi connectivity index (χ3n) is 1.95. The molecule has 80 valence electrons. The van der Waals surface area contributed by atoms with E-state index in [1.165, 1.54) is 0 Å². The summed E-state index contributed by atoms with van der Waals surface area (Å²) in [6.45, 7) is 7.19. The third-order valence-corrected chi connectivity index (χ3v) is 1.95. The van der Waals surface area contributed by atoms with Crippen molar-refractivity contribution in [1.29, 1.82) is 0 Å². The van der Waals surface area contributed by atoms with Gasteiger partial charge in [0.25, 0.3) is 0 Å². The molecule has 0 amide bonds. The van der Waals surface area contributed by atoms with Gasteiger partial charge in [0.05, 0.1) is 17.6 Å². The van der Waals surface area contributed by atoms with Crippen molar-refractivity contribution in [3.8, 4) is 0 Å². The van der Waals surface area contributed by atoms with Gasteiger partial charge in [0.15, 0.2) is 0 Å². The molecule has 5 heteroatoms. The molecule has 0 fully saturated rings. The van der Waals surface area contributed by atoms with E-state index in [0.717, 1.165) is 0 Å². The zero-order chi connectivity index (χ0) is 11.0. The van der Waals surface area contributed by atoms with Crippen LogP contribution in [0.5, 0.6) is 0 Å². The van der Waals surface area contributed by atoms with Crippen molar-refractivity contribution >= 4 is 0 Å². The van der Waals surface area contributed by atoms with Gasteiger partial charge < -0.3 is 15.3 Å². The number of hydrogen-bond acceptors (Lipinski definition) is 5. The van der Waals surface area contributed by atoms with Gasteiger partial charge in [0.2, 0.25) is 11.8 Å². The fourth-order valence-corrected chi connectivity index (χ4v) is 0.825. The number of aliphatic hydroxyl groups excluding tert-OH is 1. The van der Waals surface area contributed by atoms with Crippen LogP contribution in [-0.2, 0) is 11.0 Å². The van der Waals surface area contributed by atoms with Gasteiger partial charge in [-0.25, -0.2) is 0 Å². The molecule has 0 radical (unpaired) electrons. The standard InChI is InChI=1S/C9H17N3O2/c1-8(2,5-13)6-11-12-7(14-6)9(3,4)10/h13H,5,10H2,1-4H3. The fourth-order valence-electron chi connectivity index (χ4n) is 0.825. The van der Waals surface area contributed by atoms with Crippen LogP contribution in [0.4, 0.5) is 0 Å². The van der Waals surface area contributed by atoms with E-state index >= 15 is 0 Å². The Labute approximate surface area is 83.3 Å². The highest BCUT2D eigenvalue weighted by Gasteiger charge is 2.29. The topological polar surface area (TPSA) is 85.2 Å². The Kier molecular flexibility index (Phi) is 2.65. The second kappa shape index (κ2) is 3.33. The van der Waals surface area contributed by atoms with Crippen LogP contribution in [0.15, 0.2) is 4.42 Å². The monoisotopic (exact) mass is 199 g/mol. The summed E-state index contributed by atoms with van der Waals surface area (Å²) in [6.07, 6.45) is 0. The van der Waals surface area contributed by atoms with Crippen molar-refractivity contribution in [2.75, 3.05) is 6.61 Å². The molecule has 0 aliphatic rings. The summed E-state index contributed by atoms with van der Waals surface area (Å²) < 4.78 is 5.40. The van der Waals surface area contributed by atoms with Gasteiger partial charge in [-0.2, -0.15) is 0 Å². The molecule has 0 aliphatic carbocycles. The molecule has 1 aromatic heterocycles. The fraction of sp³-hybridized carbons (Fsp3) is 0.778. The van der Waals surface area contributed by atoms with E-state index < -0.39 is 11.0 Å². The first-order valence-corrected chi connectivity index (χ1v) is 4.51. The first kappa shape index (κ1) is 11.1. The van der Waals surface area contributed by atoms with Crippen LogP contribution in [0.3, 0.4) is 0 Å². The lowest BCUT2D eigenvalue weighted by Gasteiger charge is -2.16. The Hall–Kier alpha value is -0.940. The summed E-state index contributed by atoms with van der Waals surface area (Å²) in [5.74, 6) is 0.794. The molecule has 1 rings (SSSR count). The smallest absolute Gasteiger partial charge is 0.235 e. The molecule has 0 atom stereocenters. The molecule has 0 saturated carbocycles. The molecule has 5 nitrogen and oxygen atoms in total. The van der Waals surface area contributed by atoms with Crippen LogP contribution in [-0.4, -0.2) is 21.9 Å². The van der Waals surface area contributed by atoms with Crippen molar-refractivity contribution in [1.82, 2.24) is 10.2 Å². The van der Waals surface area contributed by atoms with Crippen LogP contribution in [0.2, 0.25) is 0 Å².